The summed E-state index contributed by atoms with van der Waals surface area (Å²) >= 11 is 15.8. The number of aromatic nitrogens is 4. The highest BCUT2D eigenvalue weighted by molar-refractivity contribution is 9.10. The number of carbonyl (C=O) groups is 1. The second kappa shape index (κ2) is 9.77. The molecule has 0 unspecified atom stereocenters. The summed E-state index contributed by atoms with van der Waals surface area (Å²) in [5, 5.41) is 12.6. The average molecular weight is 535 g/mol. The first-order valence-corrected chi connectivity index (χ1v) is 11.1. The molecule has 4 aromatic rings. The van der Waals surface area contributed by atoms with Crippen LogP contribution in [0.4, 0.5) is 5.82 Å². The number of hydrogen-bond donors (Lipinski definition) is 1. The SMILES string of the molecule is Cc1ccc(Cl)c(OCn2ccc(C(=O)Nc3nn(Cc4ccccc4Cl)cc3Br)n2)c1. The van der Waals surface area contributed by atoms with Crippen LogP contribution in [0, 0.1) is 6.92 Å². The summed E-state index contributed by atoms with van der Waals surface area (Å²) in [4.78, 5) is 12.6. The Labute approximate surface area is 203 Å². The molecule has 0 aliphatic rings. The zero-order valence-electron chi connectivity index (χ0n) is 16.9. The normalized spacial score (nSPS) is 10.9. The monoisotopic (exact) mass is 533 g/mol. The van der Waals surface area contributed by atoms with E-state index in [1.165, 1.54) is 4.68 Å². The van der Waals surface area contributed by atoms with Crippen molar-refractivity contribution in [3.05, 3.63) is 92.3 Å². The van der Waals surface area contributed by atoms with Crippen molar-refractivity contribution < 1.29 is 9.53 Å². The highest BCUT2D eigenvalue weighted by atomic mass is 79.9. The van der Waals surface area contributed by atoms with Gasteiger partial charge in [0.05, 0.1) is 16.0 Å². The van der Waals surface area contributed by atoms with Gasteiger partial charge in [0, 0.05) is 17.4 Å². The molecule has 0 saturated carbocycles. The number of hydrogen-bond acceptors (Lipinski definition) is 4. The summed E-state index contributed by atoms with van der Waals surface area (Å²) in [6, 6.07) is 14.7. The first-order chi connectivity index (χ1) is 15.4. The molecular formula is C22H18BrCl2N5O2. The maximum atomic E-state index is 12.6. The van der Waals surface area contributed by atoms with Gasteiger partial charge in [-0.3, -0.25) is 9.48 Å². The number of halogens is 3. The molecule has 32 heavy (non-hydrogen) atoms. The van der Waals surface area contributed by atoms with Gasteiger partial charge in [-0.15, -0.1) is 0 Å². The van der Waals surface area contributed by atoms with Crippen LogP contribution in [-0.4, -0.2) is 25.5 Å². The van der Waals surface area contributed by atoms with Gasteiger partial charge in [-0.05, 0) is 58.2 Å². The molecule has 2 heterocycles. The molecule has 10 heteroatoms. The van der Waals surface area contributed by atoms with Gasteiger partial charge in [0.1, 0.15) is 5.75 Å². The number of aryl methyl sites for hydroxylation is 1. The zero-order valence-corrected chi connectivity index (χ0v) is 20.0. The number of ether oxygens (including phenoxy) is 1. The molecule has 0 aliphatic carbocycles. The lowest BCUT2D eigenvalue weighted by molar-refractivity contribution is 0.101. The van der Waals surface area contributed by atoms with Crippen molar-refractivity contribution in [3.63, 3.8) is 0 Å². The van der Waals surface area contributed by atoms with Crippen LogP contribution in [0.3, 0.4) is 0 Å². The first-order valence-electron chi connectivity index (χ1n) is 9.59. The Hall–Kier alpha value is -2.81. The van der Waals surface area contributed by atoms with Crippen LogP contribution in [0.5, 0.6) is 5.75 Å². The van der Waals surface area contributed by atoms with Gasteiger partial charge in [0.25, 0.3) is 5.91 Å². The molecule has 2 aromatic heterocycles. The van der Waals surface area contributed by atoms with Gasteiger partial charge in [0.2, 0.25) is 0 Å². The molecule has 0 atom stereocenters. The molecule has 0 spiro atoms. The van der Waals surface area contributed by atoms with Gasteiger partial charge >= 0.3 is 0 Å². The van der Waals surface area contributed by atoms with Crippen molar-refractivity contribution in [1.82, 2.24) is 19.6 Å². The molecule has 2 aromatic carbocycles. The number of carbonyl (C=O) groups excluding carboxylic acids is 1. The Bertz CT molecular complexity index is 1270. The molecule has 0 radical (unpaired) electrons. The highest BCUT2D eigenvalue weighted by Gasteiger charge is 2.15. The fraction of sp³-hybridized carbons (Fsp3) is 0.136. The molecule has 0 saturated heterocycles. The minimum absolute atomic E-state index is 0.118. The summed E-state index contributed by atoms with van der Waals surface area (Å²) in [6.45, 7) is 2.54. The Kier molecular flexibility index (Phi) is 6.83. The smallest absolute Gasteiger partial charge is 0.277 e. The number of anilines is 1. The van der Waals surface area contributed by atoms with E-state index >= 15 is 0 Å². The van der Waals surface area contributed by atoms with E-state index in [4.69, 9.17) is 27.9 Å². The second-order valence-corrected chi connectivity index (χ2v) is 8.69. The van der Waals surface area contributed by atoms with Gasteiger partial charge in [-0.2, -0.15) is 10.2 Å². The zero-order chi connectivity index (χ0) is 22.7. The first kappa shape index (κ1) is 22.4. The minimum Gasteiger partial charge on any atom is -0.470 e. The third-order valence-corrected chi connectivity index (χ3v) is 5.81. The molecule has 0 aliphatic heterocycles. The Balaban J connectivity index is 1.39. The summed E-state index contributed by atoms with van der Waals surface area (Å²) in [5.74, 6) is 0.557. The van der Waals surface area contributed by atoms with Crippen LogP contribution in [0.1, 0.15) is 21.6 Å². The van der Waals surface area contributed by atoms with Crippen molar-refractivity contribution in [2.45, 2.75) is 20.2 Å². The maximum absolute atomic E-state index is 12.6. The van der Waals surface area contributed by atoms with E-state index in [-0.39, 0.29) is 18.3 Å². The van der Waals surface area contributed by atoms with E-state index in [1.54, 1.807) is 29.2 Å². The van der Waals surface area contributed by atoms with E-state index in [0.29, 0.717) is 32.6 Å². The third kappa shape index (κ3) is 5.32. The topological polar surface area (TPSA) is 74.0 Å². The van der Waals surface area contributed by atoms with E-state index < -0.39 is 0 Å². The van der Waals surface area contributed by atoms with E-state index in [1.807, 2.05) is 43.3 Å². The van der Waals surface area contributed by atoms with Crippen molar-refractivity contribution >= 4 is 50.9 Å². The minimum atomic E-state index is -0.388. The van der Waals surface area contributed by atoms with E-state index in [0.717, 1.165) is 11.1 Å². The number of nitrogens with zero attached hydrogens (tertiary/aromatic N) is 4. The van der Waals surface area contributed by atoms with Crippen LogP contribution in [-0.2, 0) is 13.3 Å². The Morgan fingerprint density at radius 3 is 2.72 bits per heavy atom. The number of rotatable bonds is 7. The van der Waals surface area contributed by atoms with Crippen LogP contribution in [0.15, 0.2) is 65.4 Å². The van der Waals surface area contributed by atoms with Crippen LogP contribution in [0.2, 0.25) is 10.0 Å². The lowest BCUT2D eigenvalue weighted by Gasteiger charge is -2.08. The predicted octanol–water partition coefficient (Wildman–Crippen LogP) is 5.79. The van der Waals surface area contributed by atoms with E-state index in [9.17, 15) is 4.79 Å². The highest BCUT2D eigenvalue weighted by Crippen LogP contribution is 2.26. The molecule has 1 amide bonds. The van der Waals surface area contributed by atoms with Gasteiger partial charge in [-0.1, -0.05) is 47.5 Å². The molecule has 1 N–H and O–H groups in total. The number of nitrogens with one attached hydrogen (secondary N) is 1. The summed E-state index contributed by atoms with van der Waals surface area (Å²) in [6.07, 6.45) is 3.43. The molecule has 7 nitrogen and oxygen atoms in total. The van der Waals surface area contributed by atoms with Crippen molar-refractivity contribution in [2.75, 3.05) is 5.32 Å². The Morgan fingerprint density at radius 1 is 1.09 bits per heavy atom. The van der Waals surface area contributed by atoms with Crippen molar-refractivity contribution in [3.8, 4) is 5.75 Å². The van der Waals surface area contributed by atoms with Crippen molar-refractivity contribution in [2.24, 2.45) is 0 Å². The summed E-state index contributed by atoms with van der Waals surface area (Å²) < 4.78 is 9.56. The van der Waals surface area contributed by atoms with E-state index in [2.05, 4.69) is 31.4 Å². The van der Waals surface area contributed by atoms with Gasteiger partial charge in [0.15, 0.2) is 18.2 Å². The van der Waals surface area contributed by atoms with Gasteiger partial charge in [-0.25, -0.2) is 4.68 Å². The average Bonchev–Trinajstić information content (AvgIpc) is 3.37. The quantitative estimate of drug-likeness (QED) is 0.325. The van der Waals surface area contributed by atoms with Crippen molar-refractivity contribution in [1.29, 1.82) is 0 Å². The standard InChI is InChI=1S/C22H18BrCl2N5O2/c1-14-6-7-18(25)20(10-14)32-13-29-9-8-19(27-29)22(31)26-21-16(23)12-30(28-21)11-15-4-2-3-5-17(15)24/h2-10,12H,11,13H2,1H3,(H,26,28,31). The summed E-state index contributed by atoms with van der Waals surface area (Å²) in [5.41, 5.74) is 2.19. The van der Waals surface area contributed by atoms with Gasteiger partial charge < -0.3 is 10.1 Å². The van der Waals surface area contributed by atoms with Crippen LogP contribution >= 0.6 is 39.1 Å². The fourth-order valence-electron chi connectivity index (χ4n) is 2.95. The molecule has 4 rings (SSSR count). The van der Waals surface area contributed by atoms with Crippen LogP contribution < -0.4 is 10.1 Å². The number of benzene rings is 2. The maximum Gasteiger partial charge on any atom is 0.277 e. The predicted molar refractivity (Wildman–Crippen MR) is 127 cm³/mol. The summed E-state index contributed by atoms with van der Waals surface area (Å²) in [7, 11) is 0. The Morgan fingerprint density at radius 2 is 1.91 bits per heavy atom. The number of amides is 1. The lowest BCUT2D eigenvalue weighted by atomic mass is 10.2. The third-order valence-electron chi connectivity index (χ3n) is 4.55. The lowest BCUT2D eigenvalue weighted by Crippen LogP contribution is -2.15. The molecule has 0 bridgehead atoms. The molecular weight excluding hydrogens is 517 g/mol. The molecule has 0 fully saturated rings. The largest absolute Gasteiger partial charge is 0.470 e. The second-order valence-electron chi connectivity index (χ2n) is 7.02. The molecule has 164 valence electrons. The fourth-order valence-corrected chi connectivity index (χ4v) is 3.73. The van der Waals surface area contributed by atoms with Crippen LogP contribution in [0.25, 0.3) is 0 Å².